The number of amides is 1. The minimum absolute atomic E-state index is 0.168. The number of hydrogen-bond acceptors (Lipinski definition) is 5. The molecule has 3 N–H and O–H groups in total. The fourth-order valence-electron chi connectivity index (χ4n) is 2.87. The first kappa shape index (κ1) is 13.8. The second kappa shape index (κ2) is 5.33. The summed E-state index contributed by atoms with van der Waals surface area (Å²) in [7, 11) is 0. The van der Waals surface area contributed by atoms with Gasteiger partial charge in [-0.15, -0.1) is 0 Å². The summed E-state index contributed by atoms with van der Waals surface area (Å²) in [5.74, 6) is -1.07. The molecule has 2 aliphatic rings. The first-order chi connectivity index (χ1) is 10.1. The van der Waals surface area contributed by atoms with E-state index < -0.39 is 18.0 Å². The number of nitrogens with zero attached hydrogens (tertiary/aromatic N) is 2. The molecule has 0 saturated carbocycles. The molecule has 0 aromatic carbocycles. The highest BCUT2D eigenvalue weighted by atomic mass is 16.5. The van der Waals surface area contributed by atoms with E-state index in [1.807, 2.05) is 0 Å². The lowest BCUT2D eigenvalue weighted by atomic mass is 10.1. The summed E-state index contributed by atoms with van der Waals surface area (Å²) >= 11 is 0. The molecular weight excluding hydrogens is 274 g/mol. The summed E-state index contributed by atoms with van der Waals surface area (Å²) in [5.41, 5.74) is 7.86. The number of aryl methyl sites for hydroxylation is 2. The van der Waals surface area contributed by atoms with Crippen LogP contribution in [0.1, 0.15) is 28.0 Å². The van der Waals surface area contributed by atoms with Crippen LogP contribution >= 0.6 is 0 Å². The molecule has 1 aliphatic carbocycles. The number of aromatic nitrogens is 1. The molecule has 0 bridgehead atoms. The van der Waals surface area contributed by atoms with Gasteiger partial charge in [-0.05, 0) is 30.9 Å². The SMILES string of the molecule is NC(=O)c1cc2c(nc1N1CCO[C@@H](C(=O)O)C1)CCC2. The van der Waals surface area contributed by atoms with Crippen LogP contribution in [0.4, 0.5) is 5.82 Å². The zero-order valence-corrected chi connectivity index (χ0v) is 11.5. The van der Waals surface area contributed by atoms with Crippen molar-refractivity contribution in [3.05, 3.63) is 22.9 Å². The van der Waals surface area contributed by atoms with Gasteiger partial charge >= 0.3 is 5.97 Å². The standard InChI is InChI=1S/C14H17N3O4/c15-12(18)9-6-8-2-1-3-10(8)16-13(9)17-4-5-21-11(7-17)14(19)20/h6,11H,1-5,7H2,(H2,15,18)(H,19,20)/t11-/m1/s1. The molecule has 1 fully saturated rings. The van der Waals surface area contributed by atoms with Gasteiger partial charge in [0.1, 0.15) is 5.82 Å². The second-order valence-electron chi connectivity index (χ2n) is 5.33. The maximum atomic E-state index is 11.7. The normalized spacial score (nSPS) is 21.1. The Kier molecular flexibility index (Phi) is 3.50. The molecule has 112 valence electrons. The minimum atomic E-state index is -1.01. The summed E-state index contributed by atoms with van der Waals surface area (Å²) in [4.78, 5) is 29.1. The number of morpholine rings is 1. The Balaban J connectivity index is 1.97. The van der Waals surface area contributed by atoms with E-state index in [0.29, 0.717) is 17.9 Å². The predicted molar refractivity (Wildman–Crippen MR) is 74.4 cm³/mol. The Morgan fingerprint density at radius 2 is 2.24 bits per heavy atom. The predicted octanol–water partition coefficient (Wildman–Crippen LogP) is -0.0410. The number of carboxylic acid groups (broad SMARTS) is 1. The molecule has 0 radical (unpaired) electrons. The van der Waals surface area contributed by atoms with Gasteiger partial charge in [0.2, 0.25) is 0 Å². The lowest BCUT2D eigenvalue weighted by Crippen LogP contribution is -2.47. The highest BCUT2D eigenvalue weighted by molar-refractivity contribution is 5.98. The second-order valence-corrected chi connectivity index (χ2v) is 5.33. The zero-order chi connectivity index (χ0) is 15.0. The van der Waals surface area contributed by atoms with Gasteiger partial charge in [-0.25, -0.2) is 9.78 Å². The number of carbonyl (C=O) groups is 2. The van der Waals surface area contributed by atoms with Gasteiger partial charge in [0.15, 0.2) is 6.10 Å². The van der Waals surface area contributed by atoms with Gasteiger partial charge in [-0.2, -0.15) is 0 Å². The van der Waals surface area contributed by atoms with Crippen LogP contribution in [0.25, 0.3) is 0 Å². The van der Waals surface area contributed by atoms with E-state index in [-0.39, 0.29) is 13.2 Å². The number of pyridine rings is 1. The molecule has 3 rings (SSSR count). The van der Waals surface area contributed by atoms with Crippen molar-refractivity contribution < 1.29 is 19.4 Å². The molecule has 0 unspecified atom stereocenters. The third-order valence-electron chi connectivity index (χ3n) is 3.94. The van der Waals surface area contributed by atoms with Crippen LogP contribution in [0.3, 0.4) is 0 Å². The van der Waals surface area contributed by atoms with Crippen LogP contribution in [0.15, 0.2) is 6.07 Å². The fourth-order valence-corrected chi connectivity index (χ4v) is 2.87. The van der Waals surface area contributed by atoms with Crippen molar-refractivity contribution in [1.82, 2.24) is 4.98 Å². The summed E-state index contributed by atoms with van der Waals surface area (Å²) in [6.07, 6.45) is 1.90. The van der Waals surface area contributed by atoms with Crippen molar-refractivity contribution in [3.8, 4) is 0 Å². The molecule has 2 heterocycles. The molecule has 21 heavy (non-hydrogen) atoms. The van der Waals surface area contributed by atoms with Crippen LogP contribution in [-0.4, -0.2) is 47.8 Å². The first-order valence-corrected chi connectivity index (χ1v) is 6.98. The topological polar surface area (TPSA) is 106 Å². The van der Waals surface area contributed by atoms with Gasteiger partial charge in [0.25, 0.3) is 5.91 Å². The Labute approximate surface area is 121 Å². The number of nitrogens with two attached hydrogens (primary N) is 1. The van der Waals surface area contributed by atoms with Crippen LogP contribution in [-0.2, 0) is 22.4 Å². The van der Waals surface area contributed by atoms with E-state index in [4.69, 9.17) is 15.6 Å². The van der Waals surface area contributed by atoms with Gasteiger partial charge in [0, 0.05) is 12.2 Å². The number of ether oxygens (including phenoxy) is 1. The zero-order valence-electron chi connectivity index (χ0n) is 11.5. The van der Waals surface area contributed by atoms with E-state index in [0.717, 1.165) is 30.5 Å². The average molecular weight is 291 g/mol. The van der Waals surface area contributed by atoms with Crippen molar-refractivity contribution >= 4 is 17.7 Å². The summed E-state index contributed by atoms with van der Waals surface area (Å²) in [5, 5.41) is 9.07. The summed E-state index contributed by atoms with van der Waals surface area (Å²) in [6, 6.07) is 1.80. The molecule has 7 heteroatoms. The Morgan fingerprint density at radius 1 is 1.43 bits per heavy atom. The molecule has 7 nitrogen and oxygen atoms in total. The highest BCUT2D eigenvalue weighted by Crippen LogP contribution is 2.28. The lowest BCUT2D eigenvalue weighted by molar-refractivity contribution is -0.150. The van der Waals surface area contributed by atoms with Gasteiger partial charge in [-0.3, -0.25) is 4.79 Å². The molecular formula is C14H17N3O4. The number of rotatable bonds is 3. The lowest BCUT2D eigenvalue weighted by Gasteiger charge is -2.32. The third-order valence-corrected chi connectivity index (χ3v) is 3.94. The van der Waals surface area contributed by atoms with E-state index in [9.17, 15) is 9.59 Å². The van der Waals surface area contributed by atoms with Crippen LogP contribution in [0, 0.1) is 0 Å². The maximum absolute atomic E-state index is 11.7. The van der Waals surface area contributed by atoms with E-state index in [2.05, 4.69) is 4.98 Å². The minimum Gasteiger partial charge on any atom is -0.479 e. The number of carbonyl (C=O) groups excluding carboxylic acids is 1. The molecule has 1 aliphatic heterocycles. The van der Waals surface area contributed by atoms with Crippen molar-refractivity contribution in [2.75, 3.05) is 24.6 Å². The fraction of sp³-hybridized carbons (Fsp3) is 0.500. The Hall–Kier alpha value is -2.15. The van der Waals surface area contributed by atoms with Crippen molar-refractivity contribution in [3.63, 3.8) is 0 Å². The number of fused-ring (bicyclic) bond motifs is 1. The van der Waals surface area contributed by atoms with Crippen molar-refractivity contribution in [1.29, 1.82) is 0 Å². The average Bonchev–Trinajstić information content (AvgIpc) is 2.93. The highest BCUT2D eigenvalue weighted by Gasteiger charge is 2.30. The van der Waals surface area contributed by atoms with Crippen molar-refractivity contribution in [2.24, 2.45) is 5.73 Å². The Bertz CT molecular complexity index is 602. The van der Waals surface area contributed by atoms with Gasteiger partial charge in [0.05, 0.1) is 18.7 Å². The largest absolute Gasteiger partial charge is 0.479 e. The number of hydrogen-bond donors (Lipinski definition) is 2. The quantitative estimate of drug-likeness (QED) is 0.809. The molecule has 1 aromatic rings. The Morgan fingerprint density at radius 3 is 2.95 bits per heavy atom. The van der Waals surface area contributed by atoms with Crippen LogP contribution < -0.4 is 10.6 Å². The number of primary amides is 1. The number of anilines is 1. The monoisotopic (exact) mass is 291 g/mol. The van der Waals surface area contributed by atoms with Crippen LogP contribution in [0.5, 0.6) is 0 Å². The summed E-state index contributed by atoms with van der Waals surface area (Å²) in [6.45, 7) is 0.950. The summed E-state index contributed by atoms with van der Waals surface area (Å²) < 4.78 is 5.20. The van der Waals surface area contributed by atoms with Gasteiger partial charge < -0.3 is 20.5 Å². The smallest absolute Gasteiger partial charge is 0.334 e. The number of aliphatic carboxylic acids is 1. The van der Waals surface area contributed by atoms with E-state index in [1.54, 1.807) is 11.0 Å². The first-order valence-electron chi connectivity index (χ1n) is 6.98. The maximum Gasteiger partial charge on any atom is 0.334 e. The van der Waals surface area contributed by atoms with E-state index in [1.165, 1.54) is 0 Å². The molecule has 1 atom stereocenters. The molecule has 1 amide bonds. The number of carboxylic acids is 1. The molecule has 1 saturated heterocycles. The van der Waals surface area contributed by atoms with Crippen LogP contribution in [0.2, 0.25) is 0 Å². The van der Waals surface area contributed by atoms with Crippen molar-refractivity contribution in [2.45, 2.75) is 25.4 Å². The van der Waals surface area contributed by atoms with Gasteiger partial charge in [-0.1, -0.05) is 0 Å². The molecule has 0 spiro atoms. The molecule has 1 aromatic heterocycles. The van der Waals surface area contributed by atoms with E-state index >= 15 is 0 Å². The third kappa shape index (κ3) is 2.56.